The number of nitrogen functional groups attached to an aromatic ring is 2. The molecule has 2 aromatic heterocycles. The Labute approximate surface area is 259 Å². The van der Waals surface area contributed by atoms with E-state index in [1.807, 2.05) is 36.4 Å². The Hall–Kier alpha value is -4.00. The van der Waals surface area contributed by atoms with Gasteiger partial charge in [0.2, 0.25) is 0 Å². The van der Waals surface area contributed by atoms with Crippen LogP contribution < -0.4 is 22.1 Å². The van der Waals surface area contributed by atoms with Crippen LogP contribution in [0.4, 0.5) is 22.7 Å². The van der Waals surface area contributed by atoms with E-state index in [4.69, 9.17) is 21.4 Å². The van der Waals surface area contributed by atoms with Crippen molar-refractivity contribution >= 4 is 91.2 Å². The summed E-state index contributed by atoms with van der Waals surface area (Å²) in [7, 11) is 0. The molecular formula is C34H38Cl2N6. The zero-order valence-corrected chi connectivity index (χ0v) is 25.2. The largest absolute Gasteiger partial charge is 0.399 e. The summed E-state index contributed by atoms with van der Waals surface area (Å²) < 4.78 is 0. The number of para-hydroxylation sites is 2. The van der Waals surface area contributed by atoms with E-state index in [0.29, 0.717) is 0 Å². The predicted molar refractivity (Wildman–Crippen MR) is 187 cm³/mol. The fourth-order valence-electron chi connectivity index (χ4n) is 5.58. The second-order valence-corrected chi connectivity index (χ2v) is 10.5. The third-order valence-corrected chi connectivity index (χ3v) is 7.62. The van der Waals surface area contributed by atoms with Gasteiger partial charge in [0.25, 0.3) is 0 Å². The number of nitrogens with one attached hydrogen (secondary N) is 2. The molecule has 0 spiro atoms. The monoisotopic (exact) mass is 600 g/mol. The molecule has 6 aromatic rings. The first kappa shape index (κ1) is 30.9. The predicted octanol–water partition coefficient (Wildman–Crippen LogP) is 8.96. The van der Waals surface area contributed by atoms with Crippen molar-refractivity contribution in [3.63, 3.8) is 0 Å². The van der Waals surface area contributed by atoms with Gasteiger partial charge in [-0.3, -0.25) is 0 Å². The number of hydrogen-bond acceptors (Lipinski definition) is 6. The Morgan fingerprint density at radius 2 is 0.833 bits per heavy atom. The summed E-state index contributed by atoms with van der Waals surface area (Å²) in [4.78, 5) is 9.62. The van der Waals surface area contributed by atoms with E-state index in [0.717, 1.165) is 92.3 Å². The zero-order chi connectivity index (χ0) is 27.3. The molecule has 8 heteroatoms. The van der Waals surface area contributed by atoms with Crippen molar-refractivity contribution in [3.05, 3.63) is 84.9 Å². The van der Waals surface area contributed by atoms with Crippen molar-refractivity contribution in [1.82, 2.24) is 9.97 Å². The molecule has 0 unspecified atom stereocenters. The Bertz CT molecular complexity index is 1670. The number of nitrogens with two attached hydrogens (primary N) is 2. The van der Waals surface area contributed by atoms with Crippen molar-refractivity contribution in [3.8, 4) is 0 Å². The van der Waals surface area contributed by atoms with Gasteiger partial charge in [-0.1, -0.05) is 62.1 Å². The van der Waals surface area contributed by atoms with Crippen LogP contribution in [0.5, 0.6) is 0 Å². The van der Waals surface area contributed by atoms with Gasteiger partial charge >= 0.3 is 0 Å². The van der Waals surface area contributed by atoms with Gasteiger partial charge in [0, 0.05) is 46.0 Å². The van der Waals surface area contributed by atoms with Crippen molar-refractivity contribution in [2.75, 3.05) is 35.2 Å². The molecule has 0 radical (unpaired) electrons. The molecule has 2 heterocycles. The Morgan fingerprint density at radius 3 is 1.29 bits per heavy atom. The lowest BCUT2D eigenvalue weighted by Gasteiger charge is -2.14. The Morgan fingerprint density at radius 1 is 0.452 bits per heavy atom. The first-order chi connectivity index (χ1) is 19.7. The van der Waals surface area contributed by atoms with Gasteiger partial charge in [0.15, 0.2) is 0 Å². The van der Waals surface area contributed by atoms with E-state index >= 15 is 0 Å². The molecule has 0 saturated carbocycles. The molecule has 0 aliphatic heterocycles. The minimum absolute atomic E-state index is 0. The van der Waals surface area contributed by atoms with Crippen LogP contribution in [0.2, 0.25) is 0 Å². The second-order valence-electron chi connectivity index (χ2n) is 10.5. The summed E-state index contributed by atoms with van der Waals surface area (Å²) in [6, 6.07) is 28.6. The number of aromatic nitrogens is 2. The molecular weight excluding hydrogens is 563 g/mol. The number of benzene rings is 4. The number of nitrogens with zero attached hydrogens (tertiary/aromatic N) is 2. The maximum absolute atomic E-state index is 6.02. The summed E-state index contributed by atoms with van der Waals surface area (Å²) in [6.45, 7) is 1.89. The number of halogens is 2. The van der Waals surface area contributed by atoms with Crippen LogP contribution in [0.3, 0.4) is 0 Å². The van der Waals surface area contributed by atoms with Crippen LogP contribution in [0.25, 0.3) is 43.6 Å². The molecule has 0 amide bonds. The summed E-state index contributed by atoms with van der Waals surface area (Å²) in [5.74, 6) is 0. The highest BCUT2D eigenvalue weighted by Gasteiger charge is 2.10. The van der Waals surface area contributed by atoms with Gasteiger partial charge in [-0.2, -0.15) is 0 Å². The first-order valence-corrected chi connectivity index (χ1v) is 14.3. The van der Waals surface area contributed by atoms with Crippen LogP contribution >= 0.6 is 24.8 Å². The second kappa shape index (κ2) is 14.3. The molecule has 4 aromatic carbocycles. The molecule has 6 N–H and O–H groups in total. The Balaban J connectivity index is 0.00000202. The number of anilines is 4. The zero-order valence-electron chi connectivity index (χ0n) is 23.6. The van der Waals surface area contributed by atoms with Crippen molar-refractivity contribution < 1.29 is 0 Å². The SMILES string of the molecule is Cl.Cl.Nc1ccc2c(NCCCCCCCCNc3c4ccccc4nc4cc(N)ccc34)c3ccccc3nc2c1. The number of unbranched alkanes of at least 4 members (excludes halogenated alkanes) is 5. The maximum atomic E-state index is 6.02. The summed E-state index contributed by atoms with van der Waals surface area (Å²) >= 11 is 0. The van der Waals surface area contributed by atoms with E-state index in [-0.39, 0.29) is 24.8 Å². The van der Waals surface area contributed by atoms with Crippen LogP contribution in [-0.2, 0) is 0 Å². The van der Waals surface area contributed by atoms with Crippen molar-refractivity contribution in [1.29, 1.82) is 0 Å². The number of pyridine rings is 2. The van der Waals surface area contributed by atoms with Gasteiger partial charge in [0.1, 0.15) is 0 Å². The van der Waals surface area contributed by atoms with Gasteiger partial charge < -0.3 is 22.1 Å². The molecule has 42 heavy (non-hydrogen) atoms. The smallest absolute Gasteiger partial charge is 0.0751 e. The number of rotatable bonds is 11. The van der Waals surface area contributed by atoms with E-state index in [2.05, 4.69) is 59.2 Å². The van der Waals surface area contributed by atoms with E-state index < -0.39 is 0 Å². The van der Waals surface area contributed by atoms with E-state index in [1.54, 1.807) is 0 Å². The average Bonchev–Trinajstić information content (AvgIpc) is 2.96. The lowest BCUT2D eigenvalue weighted by molar-refractivity contribution is 0.610. The molecule has 0 bridgehead atoms. The summed E-state index contributed by atoms with van der Waals surface area (Å²) in [5.41, 5.74) is 19.7. The molecule has 0 atom stereocenters. The molecule has 218 valence electrons. The van der Waals surface area contributed by atoms with Crippen LogP contribution in [0.1, 0.15) is 38.5 Å². The first-order valence-electron chi connectivity index (χ1n) is 14.3. The quantitative estimate of drug-likeness (QED) is 0.0672. The van der Waals surface area contributed by atoms with Gasteiger partial charge in [-0.05, 0) is 61.4 Å². The lowest BCUT2D eigenvalue weighted by atomic mass is 10.1. The Kier molecular flexibility index (Phi) is 10.5. The van der Waals surface area contributed by atoms with E-state index in [9.17, 15) is 0 Å². The number of hydrogen-bond donors (Lipinski definition) is 4. The average molecular weight is 602 g/mol. The van der Waals surface area contributed by atoms with Crippen LogP contribution in [-0.4, -0.2) is 23.1 Å². The molecule has 0 fully saturated rings. The fourth-order valence-corrected chi connectivity index (χ4v) is 5.58. The third-order valence-electron chi connectivity index (χ3n) is 7.62. The summed E-state index contributed by atoms with van der Waals surface area (Å²) in [6.07, 6.45) is 7.21. The summed E-state index contributed by atoms with van der Waals surface area (Å²) in [5, 5.41) is 12.0. The minimum atomic E-state index is 0. The van der Waals surface area contributed by atoms with Crippen LogP contribution in [0, 0.1) is 0 Å². The van der Waals surface area contributed by atoms with Gasteiger partial charge in [-0.15, -0.1) is 24.8 Å². The minimum Gasteiger partial charge on any atom is -0.399 e. The third kappa shape index (κ3) is 6.72. The fraction of sp³-hybridized carbons (Fsp3) is 0.235. The highest BCUT2D eigenvalue weighted by molar-refractivity contribution is 6.09. The molecule has 0 aliphatic carbocycles. The standard InChI is InChI=1S/C34H36N6.2ClH/c35-23-15-17-27-31(21-23)39-29-13-7-5-11-25(29)33(27)37-19-9-3-1-2-4-10-20-38-34-26-12-6-8-14-30(26)40-32-22-24(36)16-18-28(32)34;;/h5-8,11-18,21-22H,1-4,9-10,19-20,35-36H2,(H,37,39)(H,38,40);2*1H. The van der Waals surface area contributed by atoms with Crippen LogP contribution in [0.15, 0.2) is 84.9 Å². The van der Waals surface area contributed by atoms with Gasteiger partial charge in [-0.25, -0.2) is 9.97 Å². The molecule has 6 nitrogen and oxygen atoms in total. The highest BCUT2D eigenvalue weighted by atomic mass is 35.5. The highest BCUT2D eigenvalue weighted by Crippen LogP contribution is 2.33. The lowest BCUT2D eigenvalue weighted by Crippen LogP contribution is -2.04. The normalized spacial score (nSPS) is 11.0. The van der Waals surface area contributed by atoms with Crippen molar-refractivity contribution in [2.24, 2.45) is 0 Å². The molecule has 6 rings (SSSR count). The topological polar surface area (TPSA) is 102 Å². The van der Waals surface area contributed by atoms with E-state index in [1.165, 1.54) is 25.7 Å². The molecule has 0 saturated heterocycles. The van der Waals surface area contributed by atoms with Gasteiger partial charge in [0.05, 0.1) is 33.4 Å². The maximum Gasteiger partial charge on any atom is 0.0751 e. The van der Waals surface area contributed by atoms with Crippen molar-refractivity contribution in [2.45, 2.75) is 38.5 Å². The molecule has 0 aliphatic rings. The number of fused-ring (bicyclic) bond motifs is 4.